The van der Waals surface area contributed by atoms with Crippen LogP contribution in [0.1, 0.15) is 24.0 Å². The number of amides is 2. The summed E-state index contributed by atoms with van der Waals surface area (Å²) in [6, 6.07) is 24.9. The first-order valence-electron chi connectivity index (χ1n) is 11.0. The van der Waals surface area contributed by atoms with Crippen LogP contribution in [0.4, 0.5) is 17.1 Å². The summed E-state index contributed by atoms with van der Waals surface area (Å²) in [7, 11) is 0. The topological polar surface area (TPSA) is 52.7 Å². The number of aryl methyl sites for hydroxylation is 1. The standard InChI is InChI=1S/C27H25N3O2/c1-19-9-11-20(12-10-19)24-25(28-21-7-3-2-4-8-21)27(32)30(26(24)31)23-15-13-22(14-16-23)29-17-5-6-18-29/h2-4,7-16,28H,5-6,17-18H2,1H3. The number of nitrogens with zero attached hydrogens (tertiary/aromatic N) is 2. The first kappa shape index (κ1) is 20.1. The fourth-order valence-corrected chi connectivity index (χ4v) is 4.32. The highest BCUT2D eigenvalue weighted by Crippen LogP contribution is 2.34. The number of imide groups is 1. The zero-order chi connectivity index (χ0) is 22.1. The molecule has 5 heteroatoms. The molecule has 5 rings (SSSR count). The van der Waals surface area contributed by atoms with Crippen LogP contribution in [0, 0.1) is 6.92 Å². The Bertz CT molecular complexity index is 1180. The summed E-state index contributed by atoms with van der Waals surface area (Å²) in [6.45, 7) is 4.09. The van der Waals surface area contributed by atoms with E-state index < -0.39 is 0 Å². The van der Waals surface area contributed by atoms with Crippen LogP contribution < -0.4 is 15.1 Å². The van der Waals surface area contributed by atoms with Gasteiger partial charge in [0.25, 0.3) is 11.8 Å². The molecule has 1 saturated heterocycles. The fourth-order valence-electron chi connectivity index (χ4n) is 4.32. The van der Waals surface area contributed by atoms with Crippen molar-refractivity contribution in [3.05, 3.63) is 95.7 Å². The van der Waals surface area contributed by atoms with E-state index >= 15 is 0 Å². The molecule has 0 aromatic heterocycles. The quantitative estimate of drug-likeness (QED) is 0.588. The van der Waals surface area contributed by atoms with Gasteiger partial charge in [-0.25, -0.2) is 4.90 Å². The maximum atomic E-state index is 13.5. The van der Waals surface area contributed by atoms with Gasteiger partial charge in [0.15, 0.2) is 0 Å². The van der Waals surface area contributed by atoms with E-state index in [0.717, 1.165) is 35.6 Å². The second-order valence-electron chi connectivity index (χ2n) is 8.26. The minimum atomic E-state index is -0.344. The molecule has 1 N–H and O–H groups in total. The van der Waals surface area contributed by atoms with Gasteiger partial charge in [-0.1, -0.05) is 48.0 Å². The molecule has 0 atom stereocenters. The number of para-hydroxylation sites is 1. The van der Waals surface area contributed by atoms with Crippen LogP contribution in [0.3, 0.4) is 0 Å². The lowest BCUT2D eigenvalue weighted by molar-refractivity contribution is -0.120. The number of hydrogen-bond acceptors (Lipinski definition) is 4. The van der Waals surface area contributed by atoms with E-state index in [4.69, 9.17) is 0 Å². The fraction of sp³-hybridized carbons (Fsp3) is 0.185. The number of carbonyl (C=O) groups is 2. The maximum absolute atomic E-state index is 13.5. The predicted octanol–water partition coefficient (Wildman–Crippen LogP) is 4.99. The molecule has 3 aromatic carbocycles. The monoisotopic (exact) mass is 423 g/mol. The largest absolute Gasteiger partial charge is 0.372 e. The molecule has 2 aliphatic rings. The van der Waals surface area contributed by atoms with E-state index in [-0.39, 0.29) is 11.8 Å². The van der Waals surface area contributed by atoms with Crippen molar-refractivity contribution in [3.8, 4) is 0 Å². The first-order valence-corrected chi connectivity index (χ1v) is 11.0. The van der Waals surface area contributed by atoms with E-state index in [1.54, 1.807) is 0 Å². The average Bonchev–Trinajstić information content (AvgIpc) is 3.43. The zero-order valence-corrected chi connectivity index (χ0v) is 18.0. The number of benzene rings is 3. The van der Waals surface area contributed by atoms with E-state index in [9.17, 15) is 9.59 Å². The van der Waals surface area contributed by atoms with Gasteiger partial charge >= 0.3 is 0 Å². The minimum Gasteiger partial charge on any atom is -0.372 e. The van der Waals surface area contributed by atoms with Crippen LogP contribution >= 0.6 is 0 Å². The molecule has 0 unspecified atom stereocenters. The maximum Gasteiger partial charge on any atom is 0.282 e. The average molecular weight is 424 g/mol. The summed E-state index contributed by atoms with van der Waals surface area (Å²) in [5.74, 6) is -0.658. The van der Waals surface area contributed by atoms with Gasteiger partial charge in [0.1, 0.15) is 5.70 Å². The summed E-state index contributed by atoms with van der Waals surface area (Å²) >= 11 is 0. The smallest absolute Gasteiger partial charge is 0.282 e. The molecule has 5 nitrogen and oxygen atoms in total. The Morgan fingerprint density at radius 2 is 1.34 bits per heavy atom. The van der Waals surface area contributed by atoms with Gasteiger partial charge in [0.05, 0.1) is 11.3 Å². The summed E-state index contributed by atoms with van der Waals surface area (Å²) in [4.78, 5) is 30.6. The number of anilines is 3. The molecule has 3 aromatic rings. The van der Waals surface area contributed by atoms with Crippen molar-refractivity contribution in [2.24, 2.45) is 0 Å². The van der Waals surface area contributed by atoms with Crippen molar-refractivity contribution >= 4 is 34.4 Å². The molecule has 0 radical (unpaired) electrons. The summed E-state index contributed by atoms with van der Waals surface area (Å²) < 4.78 is 0. The predicted molar refractivity (Wildman–Crippen MR) is 129 cm³/mol. The van der Waals surface area contributed by atoms with Crippen molar-refractivity contribution in [2.75, 3.05) is 28.2 Å². The highest BCUT2D eigenvalue weighted by atomic mass is 16.2. The van der Waals surface area contributed by atoms with Gasteiger partial charge in [-0.3, -0.25) is 9.59 Å². The number of carbonyl (C=O) groups excluding carboxylic acids is 2. The van der Waals surface area contributed by atoms with Gasteiger partial charge in [0, 0.05) is 24.5 Å². The second-order valence-corrected chi connectivity index (χ2v) is 8.26. The van der Waals surface area contributed by atoms with Crippen LogP contribution in [-0.2, 0) is 9.59 Å². The van der Waals surface area contributed by atoms with Gasteiger partial charge in [-0.05, 0) is 61.7 Å². The van der Waals surface area contributed by atoms with Crippen LogP contribution in [-0.4, -0.2) is 24.9 Å². The molecule has 32 heavy (non-hydrogen) atoms. The highest BCUT2D eigenvalue weighted by Gasteiger charge is 2.40. The Labute approximate surface area is 188 Å². The molecule has 2 heterocycles. The van der Waals surface area contributed by atoms with Gasteiger partial charge in [-0.2, -0.15) is 0 Å². The summed E-state index contributed by atoms with van der Waals surface area (Å²) in [5, 5.41) is 3.20. The SMILES string of the molecule is Cc1ccc(C2=C(Nc3ccccc3)C(=O)N(c3ccc(N4CCCC4)cc3)C2=O)cc1. The number of nitrogens with one attached hydrogen (secondary N) is 1. The Morgan fingerprint density at radius 1 is 0.719 bits per heavy atom. The first-order chi connectivity index (χ1) is 15.6. The van der Waals surface area contributed by atoms with Crippen LogP contribution in [0.2, 0.25) is 0 Å². The molecule has 0 bridgehead atoms. The number of hydrogen-bond donors (Lipinski definition) is 1. The van der Waals surface area contributed by atoms with Crippen molar-refractivity contribution in [2.45, 2.75) is 19.8 Å². The molecule has 0 spiro atoms. The van der Waals surface area contributed by atoms with Gasteiger partial charge < -0.3 is 10.2 Å². The lowest BCUT2D eigenvalue weighted by Crippen LogP contribution is -2.32. The number of rotatable bonds is 5. The van der Waals surface area contributed by atoms with Crippen LogP contribution in [0.25, 0.3) is 5.57 Å². The Balaban J connectivity index is 1.52. The minimum absolute atomic E-state index is 0.300. The van der Waals surface area contributed by atoms with Crippen molar-refractivity contribution in [3.63, 3.8) is 0 Å². The van der Waals surface area contributed by atoms with E-state index in [0.29, 0.717) is 17.0 Å². The van der Waals surface area contributed by atoms with Crippen LogP contribution in [0.5, 0.6) is 0 Å². The highest BCUT2D eigenvalue weighted by molar-refractivity contribution is 6.46. The molecular weight excluding hydrogens is 398 g/mol. The molecular formula is C27H25N3O2. The molecule has 1 fully saturated rings. The Hall–Kier alpha value is -3.86. The third-order valence-corrected chi connectivity index (χ3v) is 6.05. The van der Waals surface area contributed by atoms with E-state index in [1.807, 2.05) is 85.8 Å². The molecule has 0 aliphatic carbocycles. The van der Waals surface area contributed by atoms with Gasteiger partial charge in [-0.15, -0.1) is 0 Å². The molecule has 2 amide bonds. The normalized spacial score (nSPS) is 16.3. The van der Waals surface area contributed by atoms with Crippen molar-refractivity contribution < 1.29 is 9.59 Å². The zero-order valence-electron chi connectivity index (χ0n) is 18.0. The lowest BCUT2D eigenvalue weighted by atomic mass is 10.0. The summed E-state index contributed by atoms with van der Waals surface area (Å²) in [6.07, 6.45) is 2.40. The molecule has 2 aliphatic heterocycles. The second kappa shape index (κ2) is 8.35. The summed E-state index contributed by atoms with van der Waals surface area (Å²) in [5.41, 5.74) is 4.98. The Kier molecular flexibility index (Phi) is 5.23. The van der Waals surface area contributed by atoms with E-state index in [1.165, 1.54) is 17.7 Å². The van der Waals surface area contributed by atoms with E-state index in [2.05, 4.69) is 10.2 Å². The third-order valence-electron chi connectivity index (χ3n) is 6.05. The van der Waals surface area contributed by atoms with Crippen LogP contribution in [0.15, 0.2) is 84.6 Å². The van der Waals surface area contributed by atoms with Crippen molar-refractivity contribution in [1.29, 1.82) is 0 Å². The molecule has 0 saturated carbocycles. The third kappa shape index (κ3) is 3.66. The van der Waals surface area contributed by atoms with Crippen molar-refractivity contribution in [1.82, 2.24) is 0 Å². The van der Waals surface area contributed by atoms with Gasteiger partial charge in [0.2, 0.25) is 0 Å². The lowest BCUT2D eigenvalue weighted by Gasteiger charge is -2.20. The Morgan fingerprint density at radius 3 is 2.00 bits per heavy atom. The molecule has 160 valence electrons.